The maximum Gasteiger partial charge on any atom is 0.501 e. The van der Waals surface area contributed by atoms with Gasteiger partial charge in [0, 0.05) is 88.2 Å². The van der Waals surface area contributed by atoms with E-state index in [1.165, 1.54) is 17.8 Å². The molecule has 0 amide bonds. The topological polar surface area (TPSA) is 133 Å². The largest absolute Gasteiger partial charge is 0.501 e. The molecule has 1 saturated heterocycles. The molecule has 18 heteroatoms. The number of halogens is 4. The van der Waals surface area contributed by atoms with Gasteiger partial charge in [0.05, 0.1) is 22.9 Å². The number of aromatic nitrogens is 1. The van der Waals surface area contributed by atoms with E-state index in [1.807, 2.05) is 105 Å². The van der Waals surface area contributed by atoms with E-state index < -0.39 is 38.1 Å². The van der Waals surface area contributed by atoms with Gasteiger partial charge >= 0.3 is 17.4 Å². The first kappa shape index (κ1) is 50.6. The fourth-order valence-corrected chi connectivity index (χ4v) is 11.7. The molecule has 11 nitrogen and oxygen atoms in total. The van der Waals surface area contributed by atoms with E-state index in [4.69, 9.17) is 16.3 Å². The van der Waals surface area contributed by atoms with Crippen molar-refractivity contribution in [1.29, 1.82) is 0 Å². The third-order valence-corrected chi connectivity index (χ3v) is 16.4. The number of hydrogen-bond donors (Lipinski definition) is 3. The number of rotatable bonds is 17. The molecular weight excluding hydrogens is 979 g/mol. The summed E-state index contributed by atoms with van der Waals surface area (Å²) in [5.41, 5.74) is 1.78. The molecule has 0 atom stereocenters. The van der Waals surface area contributed by atoms with Crippen LogP contribution in [0.4, 0.5) is 35.9 Å². The number of sulfone groups is 1. The van der Waals surface area contributed by atoms with Crippen LogP contribution in [-0.2, 0) is 25.9 Å². The van der Waals surface area contributed by atoms with Crippen LogP contribution < -0.4 is 19.8 Å². The lowest BCUT2D eigenvalue weighted by Gasteiger charge is -2.37. The average Bonchev–Trinajstić information content (AvgIpc) is 3.67. The highest BCUT2D eigenvalue weighted by molar-refractivity contribution is 8.00. The second-order valence-corrected chi connectivity index (χ2v) is 21.5. The average molecular weight is 1030 g/mol. The van der Waals surface area contributed by atoms with Crippen LogP contribution in [0.1, 0.15) is 48.7 Å². The SMILES string of the molecule is CCn1c(C)c(C(=O)OC2CCC(C(=O)O)CC2)c(-c2cccc(N3CCN(c4ccc(NSc5ccc(NCCSc6ccccc6)c(S(=O)(=O)C(F)(F)F)c5)cc4)CC3)c2)c1-c1ccc(Cl)cc1. The Morgan fingerprint density at radius 3 is 2.11 bits per heavy atom. The van der Waals surface area contributed by atoms with Crippen LogP contribution >= 0.6 is 35.3 Å². The molecule has 2 aliphatic rings. The molecule has 0 radical (unpaired) electrons. The monoisotopic (exact) mass is 1030 g/mol. The summed E-state index contributed by atoms with van der Waals surface area (Å²) in [5.74, 6) is -1.15. The van der Waals surface area contributed by atoms with Gasteiger partial charge in [-0.05, 0) is 141 Å². The van der Waals surface area contributed by atoms with E-state index in [9.17, 15) is 36.3 Å². The van der Waals surface area contributed by atoms with Crippen molar-refractivity contribution in [3.63, 3.8) is 0 Å². The molecule has 1 aliphatic heterocycles. The Kier molecular flexibility index (Phi) is 16.0. The molecule has 0 unspecified atom stereocenters. The quantitative estimate of drug-likeness (QED) is 0.0348. The number of thioether (sulfide) groups is 1. The number of aliphatic carboxylic acids is 1. The summed E-state index contributed by atoms with van der Waals surface area (Å²) in [6.07, 6.45) is 1.54. The Hall–Kier alpha value is -5.75. The van der Waals surface area contributed by atoms with Crippen LogP contribution in [0.2, 0.25) is 5.02 Å². The number of nitrogens with zero attached hydrogens (tertiary/aromatic N) is 3. The maximum atomic E-state index is 14.3. The number of alkyl halides is 3. The first-order valence-corrected chi connectivity index (χ1v) is 26.7. The lowest BCUT2D eigenvalue weighted by atomic mass is 9.87. The summed E-state index contributed by atoms with van der Waals surface area (Å²) in [6, 6.07) is 37.0. The molecule has 8 rings (SSSR count). The molecule has 5 aromatic carbocycles. The zero-order valence-electron chi connectivity index (χ0n) is 38.5. The third kappa shape index (κ3) is 11.5. The van der Waals surface area contributed by atoms with Gasteiger partial charge in [0.25, 0.3) is 9.84 Å². The van der Waals surface area contributed by atoms with E-state index in [0.29, 0.717) is 72.2 Å². The minimum atomic E-state index is -5.64. The maximum absolute atomic E-state index is 14.3. The van der Waals surface area contributed by atoms with Gasteiger partial charge in [-0.25, -0.2) is 13.2 Å². The number of hydrogen-bond acceptors (Lipinski definition) is 11. The second-order valence-electron chi connectivity index (χ2n) is 17.1. The molecular formula is C52H53ClF3N5O6S3. The number of anilines is 4. The van der Waals surface area contributed by atoms with Gasteiger partial charge in [-0.2, -0.15) is 13.2 Å². The number of piperazine rings is 1. The fraction of sp³-hybridized carbons (Fsp3) is 0.308. The van der Waals surface area contributed by atoms with Gasteiger partial charge in [0.2, 0.25) is 0 Å². The lowest BCUT2D eigenvalue weighted by Crippen LogP contribution is -2.46. The highest BCUT2D eigenvalue weighted by Crippen LogP contribution is 2.43. The van der Waals surface area contributed by atoms with Crippen molar-refractivity contribution in [1.82, 2.24) is 4.57 Å². The number of carbonyl (C=O) groups excluding carboxylic acids is 1. The van der Waals surface area contributed by atoms with Crippen molar-refractivity contribution in [3.8, 4) is 22.4 Å². The molecule has 0 spiro atoms. The number of nitrogens with one attached hydrogen (secondary N) is 2. The van der Waals surface area contributed by atoms with Crippen LogP contribution in [0.15, 0.2) is 136 Å². The van der Waals surface area contributed by atoms with Gasteiger partial charge in [-0.1, -0.05) is 54.1 Å². The lowest BCUT2D eigenvalue weighted by molar-refractivity contribution is -0.143. The molecule has 2 heterocycles. The zero-order valence-corrected chi connectivity index (χ0v) is 41.8. The van der Waals surface area contributed by atoms with Crippen molar-refractivity contribution in [2.24, 2.45) is 5.92 Å². The van der Waals surface area contributed by atoms with E-state index in [0.717, 1.165) is 75.5 Å². The minimum absolute atomic E-state index is 0.112. The Morgan fingerprint density at radius 2 is 1.47 bits per heavy atom. The van der Waals surface area contributed by atoms with Crippen LogP contribution in [0.3, 0.4) is 0 Å². The zero-order chi connectivity index (χ0) is 49.6. The van der Waals surface area contributed by atoms with Crippen LogP contribution in [-0.4, -0.2) is 80.1 Å². The summed E-state index contributed by atoms with van der Waals surface area (Å²) < 4.78 is 78.3. The summed E-state index contributed by atoms with van der Waals surface area (Å²) >= 11 is 8.86. The molecule has 368 valence electrons. The number of carboxylic acid groups (broad SMARTS) is 1. The van der Waals surface area contributed by atoms with E-state index in [-0.39, 0.29) is 18.3 Å². The van der Waals surface area contributed by atoms with Crippen LogP contribution in [0.25, 0.3) is 22.4 Å². The Labute approximate surface area is 419 Å². The summed E-state index contributed by atoms with van der Waals surface area (Å²) in [6.45, 7) is 7.70. The van der Waals surface area contributed by atoms with Crippen molar-refractivity contribution in [3.05, 3.63) is 138 Å². The summed E-state index contributed by atoms with van der Waals surface area (Å²) in [7, 11) is -5.64. The van der Waals surface area contributed by atoms with E-state index in [1.54, 1.807) is 6.07 Å². The van der Waals surface area contributed by atoms with Gasteiger partial charge in [-0.15, -0.1) is 11.8 Å². The van der Waals surface area contributed by atoms with Gasteiger partial charge < -0.3 is 34.2 Å². The van der Waals surface area contributed by atoms with Crippen LogP contribution in [0.5, 0.6) is 0 Å². The highest BCUT2D eigenvalue weighted by atomic mass is 35.5. The van der Waals surface area contributed by atoms with Gasteiger partial charge in [-0.3, -0.25) is 4.79 Å². The van der Waals surface area contributed by atoms with Gasteiger partial charge in [0.15, 0.2) is 0 Å². The second kappa shape index (κ2) is 22.1. The van der Waals surface area contributed by atoms with Crippen molar-refractivity contribution >= 4 is 79.8 Å². The molecule has 70 heavy (non-hydrogen) atoms. The molecule has 1 aliphatic carbocycles. The molecule has 0 bridgehead atoms. The first-order chi connectivity index (χ1) is 33.6. The fourth-order valence-electron chi connectivity index (χ4n) is 9.08. The number of esters is 1. The van der Waals surface area contributed by atoms with Gasteiger partial charge in [0.1, 0.15) is 11.0 Å². The Bertz CT molecular complexity index is 2910. The smallest absolute Gasteiger partial charge is 0.481 e. The van der Waals surface area contributed by atoms with E-state index in [2.05, 4.69) is 36.5 Å². The van der Waals surface area contributed by atoms with E-state index >= 15 is 0 Å². The number of benzene rings is 5. The van der Waals surface area contributed by atoms with Crippen molar-refractivity contribution in [2.45, 2.75) is 72.4 Å². The summed E-state index contributed by atoms with van der Waals surface area (Å²) in [4.78, 5) is 31.0. The molecule has 3 N–H and O–H groups in total. The molecule has 1 saturated carbocycles. The van der Waals surface area contributed by atoms with Crippen molar-refractivity contribution in [2.75, 3.05) is 58.3 Å². The first-order valence-electron chi connectivity index (χ1n) is 23.0. The summed E-state index contributed by atoms with van der Waals surface area (Å²) in [5, 5.41) is 13.0. The third-order valence-electron chi connectivity index (χ3n) is 12.7. The molecule has 6 aromatic rings. The van der Waals surface area contributed by atoms with Crippen molar-refractivity contribution < 1.29 is 41.0 Å². The molecule has 1 aromatic heterocycles. The number of ether oxygens (including phenoxy) is 1. The predicted molar refractivity (Wildman–Crippen MR) is 275 cm³/mol. The Morgan fingerprint density at radius 1 is 0.800 bits per heavy atom. The van der Waals surface area contributed by atoms with Crippen LogP contribution in [0, 0.1) is 12.8 Å². The standard InChI is InChI=1S/C52H53ClF3N5O6S3/c1-3-61-34(2)47(51(64)67-42-22-14-36(15-23-42)50(62)63)48(49(61)35-12-16-38(53)17-13-35)37-8-7-9-41(32-37)60-29-27-59(28-30-60)40-20-18-39(19-21-40)58-69-44-24-25-45(46(33-44)70(65,66)52(54,55)56)57-26-31-68-43-10-5-4-6-11-43/h4-13,16-21,24-25,32-33,36,42,57-58H,3,14-15,22-23,26-31H2,1-2H3,(H,62,63). The minimum Gasteiger partial charge on any atom is -0.481 e. The predicted octanol–water partition coefficient (Wildman–Crippen LogP) is 12.5. The number of carboxylic acids is 1. The highest BCUT2D eigenvalue weighted by Gasteiger charge is 2.48. The normalized spacial score (nSPS) is 16.5. The Balaban J connectivity index is 0.937. The number of carbonyl (C=O) groups is 2. The molecule has 2 fully saturated rings.